The van der Waals surface area contributed by atoms with Gasteiger partial charge in [-0.2, -0.15) is 22.0 Å². The van der Waals surface area contributed by atoms with Crippen LogP contribution in [0.1, 0.15) is 0 Å². The molecule has 0 N–H and O–H groups in total. The molecular formula is C4H2F5IO. The molecule has 0 saturated carbocycles. The molecule has 0 spiro atoms. The van der Waals surface area contributed by atoms with Gasteiger partial charge in [-0.1, -0.05) is 0 Å². The summed E-state index contributed by atoms with van der Waals surface area (Å²) in [6.07, 6.45) is -10.5. The summed E-state index contributed by atoms with van der Waals surface area (Å²) in [6.45, 7) is 0. The van der Waals surface area contributed by atoms with E-state index in [1.807, 2.05) is 0 Å². The maximum Gasteiger partial charge on any atom is 0.498 e. The highest BCUT2D eigenvalue weighted by atomic mass is 127. The van der Waals surface area contributed by atoms with Gasteiger partial charge in [0.1, 0.15) is 0 Å². The van der Waals surface area contributed by atoms with E-state index in [4.69, 9.17) is 0 Å². The first-order valence-corrected chi connectivity index (χ1v) is 3.43. The van der Waals surface area contributed by atoms with Gasteiger partial charge in [-0.15, -0.1) is 0 Å². The lowest BCUT2D eigenvalue weighted by Crippen LogP contribution is -2.37. The average molecular weight is 288 g/mol. The van der Waals surface area contributed by atoms with Crippen molar-refractivity contribution in [3.05, 3.63) is 10.3 Å². The third-order valence-corrected chi connectivity index (χ3v) is 0.891. The maximum absolute atomic E-state index is 11.7. The van der Waals surface area contributed by atoms with Gasteiger partial charge in [0.25, 0.3) is 0 Å². The maximum atomic E-state index is 11.7. The summed E-state index contributed by atoms with van der Waals surface area (Å²) in [5.41, 5.74) is 0. The number of hydrogen-bond donors (Lipinski definition) is 0. The Morgan fingerprint density at radius 1 is 1.09 bits per heavy atom. The lowest BCUT2D eigenvalue weighted by Gasteiger charge is -2.17. The van der Waals surface area contributed by atoms with Gasteiger partial charge in [0, 0.05) is 4.08 Å². The van der Waals surface area contributed by atoms with Crippen LogP contribution in [0, 0.1) is 0 Å². The van der Waals surface area contributed by atoms with Crippen LogP contribution in [-0.4, -0.2) is 12.3 Å². The fraction of sp³-hybridized carbons (Fsp3) is 0.500. The fourth-order valence-electron chi connectivity index (χ4n) is 0.178. The molecule has 0 saturated heterocycles. The number of hydrogen-bond acceptors (Lipinski definition) is 1. The second-order valence-electron chi connectivity index (χ2n) is 1.39. The summed E-state index contributed by atoms with van der Waals surface area (Å²) in [7, 11) is 0. The van der Waals surface area contributed by atoms with E-state index in [1.54, 1.807) is 0 Å². The lowest BCUT2D eigenvalue weighted by atomic mass is 10.6. The van der Waals surface area contributed by atoms with Gasteiger partial charge >= 0.3 is 12.3 Å². The van der Waals surface area contributed by atoms with Crippen molar-refractivity contribution >= 4 is 22.6 Å². The molecule has 0 amide bonds. The van der Waals surface area contributed by atoms with Gasteiger partial charge in [0.05, 0.1) is 6.26 Å². The Balaban J connectivity index is 4.22. The highest BCUT2D eigenvalue weighted by molar-refractivity contribution is 14.1. The normalized spacial score (nSPS) is 14.0. The Labute approximate surface area is 72.3 Å². The number of halogens is 6. The van der Waals surface area contributed by atoms with E-state index >= 15 is 0 Å². The molecule has 0 heterocycles. The van der Waals surface area contributed by atoms with Gasteiger partial charge in [-0.05, 0) is 22.6 Å². The van der Waals surface area contributed by atoms with Gasteiger partial charge in [0.15, 0.2) is 0 Å². The second kappa shape index (κ2) is 3.55. The fourth-order valence-corrected chi connectivity index (χ4v) is 0.325. The molecule has 0 unspecified atom stereocenters. The van der Waals surface area contributed by atoms with E-state index in [-0.39, 0.29) is 6.26 Å². The van der Waals surface area contributed by atoms with Crippen molar-refractivity contribution in [1.29, 1.82) is 0 Å². The van der Waals surface area contributed by atoms with Crippen LogP contribution < -0.4 is 0 Å². The molecule has 66 valence electrons. The zero-order chi connectivity index (χ0) is 9.12. The monoisotopic (exact) mass is 288 g/mol. The minimum Gasteiger partial charge on any atom is -0.433 e. The van der Waals surface area contributed by atoms with Crippen molar-refractivity contribution in [1.82, 2.24) is 0 Å². The second-order valence-corrected chi connectivity index (χ2v) is 2.11. The first-order valence-electron chi connectivity index (χ1n) is 2.19. The van der Waals surface area contributed by atoms with Crippen molar-refractivity contribution in [2.75, 3.05) is 0 Å². The van der Waals surface area contributed by atoms with Crippen LogP contribution in [0.4, 0.5) is 22.0 Å². The molecule has 0 aromatic carbocycles. The zero-order valence-electron chi connectivity index (χ0n) is 4.83. The Morgan fingerprint density at radius 3 is 1.82 bits per heavy atom. The van der Waals surface area contributed by atoms with Crippen LogP contribution in [0.25, 0.3) is 0 Å². The van der Waals surface area contributed by atoms with Crippen molar-refractivity contribution < 1.29 is 26.7 Å². The SMILES string of the molecule is FC(F)(F)C(F)(F)OC=CI. The van der Waals surface area contributed by atoms with E-state index < -0.39 is 12.3 Å². The van der Waals surface area contributed by atoms with Crippen molar-refractivity contribution in [2.24, 2.45) is 0 Å². The molecule has 0 atom stereocenters. The van der Waals surface area contributed by atoms with Crippen LogP contribution in [-0.2, 0) is 4.74 Å². The zero-order valence-corrected chi connectivity index (χ0v) is 6.99. The molecule has 11 heavy (non-hydrogen) atoms. The molecule has 0 aromatic heterocycles. The molecule has 0 fully saturated rings. The standard InChI is InChI=1S/C4H2F5IO/c5-3(6,7)4(8,9)11-2-1-10/h1-2H. The van der Waals surface area contributed by atoms with Crippen LogP contribution >= 0.6 is 22.6 Å². The van der Waals surface area contributed by atoms with Gasteiger partial charge in [-0.3, -0.25) is 0 Å². The van der Waals surface area contributed by atoms with Crippen molar-refractivity contribution in [3.63, 3.8) is 0 Å². The van der Waals surface area contributed by atoms with Crippen LogP contribution in [0.3, 0.4) is 0 Å². The Hall–Kier alpha value is -0.0800. The number of ether oxygens (including phenoxy) is 1. The van der Waals surface area contributed by atoms with Crippen molar-refractivity contribution in [2.45, 2.75) is 12.3 Å². The highest BCUT2D eigenvalue weighted by Gasteiger charge is 2.60. The lowest BCUT2D eigenvalue weighted by molar-refractivity contribution is -0.375. The molecule has 0 radical (unpaired) electrons. The quantitative estimate of drug-likeness (QED) is 0.431. The molecule has 0 bridgehead atoms. The molecule has 0 aliphatic rings. The first kappa shape index (κ1) is 10.9. The Kier molecular flexibility index (Phi) is 3.52. The molecule has 0 rings (SSSR count). The van der Waals surface area contributed by atoms with Gasteiger partial charge in [-0.25, -0.2) is 0 Å². The van der Waals surface area contributed by atoms with E-state index in [1.165, 1.54) is 22.6 Å². The van der Waals surface area contributed by atoms with Crippen LogP contribution in [0.15, 0.2) is 10.3 Å². The van der Waals surface area contributed by atoms with Gasteiger partial charge < -0.3 is 4.74 Å². The van der Waals surface area contributed by atoms with E-state index in [0.29, 0.717) is 0 Å². The van der Waals surface area contributed by atoms with Crippen LogP contribution in [0.5, 0.6) is 0 Å². The average Bonchev–Trinajstić information content (AvgIpc) is 1.81. The Bertz CT molecular complexity index is 151. The summed E-state index contributed by atoms with van der Waals surface area (Å²) in [4.78, 5) is 0. The summed E-state index contributed by atoms with van der Waals surface area (Å²) >= 11 is 1.45. The summed E-state index contributed by atoms with van der Waals surface area (Å²) in [6, 6.07) is 0. The topological polar surface area (TPSA) is 9.23 Å². The minimum absolute atomic E-state index is 0.272. The van der Waals surface area contributed by atoms with Gasteiger partial charge in [0.2, 0.25) is 0 Å². The number of alkyl halides is 5. The third-order valence-electron chi connectivity index (χ3n) is 0.598. The smallest absolute Gasteiger partial charge is 0.433 e. The summed E-state index contributed by atoms with van der Waals surface area (Å²) in [5, 5.41) is 0. The molecule has 0 aromatic rings. The van der Waals surface area contributed by atoms with E-state index in [2.05, 4.69) is 4.74 Å². The first-order chi connectivity index (χ1) is 4.81. The summed E-state index contributed by atoms with van der Waals surface area (Å²) in [5.74, 6) is 0. The third kappa shape index (κ3) is 3.21. The van der Waals surface area contributed by atoms with Crippen LogP contribution in [0.2, 0.25) is 0 Å². The minimum atomic E-state index is -5.66. The summed E-state index contributed by atoms with van der Waals surface area (Å²) < 4.78 is 61.2. The Morgan fingerprint density at radius 2 is 1.55 bits per heavy atom. The van der Waals surface area contributed by atoms with Crippen molar-refractivity contribution in [3.8, 4) is 0 Å². The molecular weight excluding hydrogens is 286 g/mol. The molecule has 0 aliphatic carbocycles. The molecule has 0 aliphatic heterocycles. The molecule has 1 nitrogen and oxygen atoms in total. The largest absolute Gasteiger partial charge is 0.498 e. The predicted octanol–water partition coefficient (Wildman–Crippen LogP) is 3.06. The number of rotatable bonds is 2. The van der Waals surface area contributed by atoms with E-state index in [0.717, 1.165) is 4.08 Å². The highest BCUT2D eigenvalue weighted by Crippen LogP contribution is 2.36. The molecule has 7 heteroatoms. The van der Waals surface area contributed by atoms with E-state index in [9.17, 15) is 22.0 Å². The predicted molar refractivity (Wildman–Crippen MR) is 35.2 cm³/mol.